The van der Waals surface area contributed by atoms with E-state index < -0.39 is 0 Å². The van der Waals surface area contributed by atoms with Crippen molar-refractivity contribution in [3.63, 3.8) is 0 Å². The first-order valence-corrected chi connectivity index (χ1v) is 6.53. The zero-order valence-corrected chi connectivity index (χ0v) is 11.7. The molecule has 92 valence electrons. The molecule has 2 aromatic rings. The van der Waals surface area contributed by atoms with E-state index in [-0.39, 0.29) is 0 Å². The highest BCUT2D eigenvalue weighted by molar-refractivity contribution is 7.80. The highest BCUT2D eigenvalue weighted by Crippen LogP contribution is 2.10. The molecule has 0 aromatic heterocycles. The van der Waals surface area contributed by atoms with Crippen LogP contribution in [0.1, 0.15) is 16.7 Å². The summed E-state index contributed by atoms with van der Waals surface area (Å²) in [6.07, 6.45) is 0. The van der Waals surface area contributed by atoms with Gasteiger partial charge in [0.25, 0.3) is 0 Å². The number of nitrogens with one attached hydrogen (secondary N) is 1. The van der Waals surface area contributed by atoms with E-state index in [0.717, 1.165) is 22.1 Å². The molecule has 1 N–H and O–H groups in total. The van der Waals surface area contributed by atoms with E-state index in [1.54, 1.807) is 0 Å². The Morgan fingerprint density at radius 2 is 1.89 bits per heavy atom. The van der Waals surface area contributed by atoms with E-state index in [1.807, 2.05) is 24.3 Å². The van der Waals surface area contributed by atoms with Crippen molar-refractivity contribution in [2.24, 2.45) is 0 Å². The molecule has 0 spiro atoms. The van der Waals surface area contributed by atoms with Crippen LogP contribution in [0.5, 0.6) is 0 Å². The summed E-state index contributed by atoms with van der Waals surface area (Å²) >= 11 is 11.2. The van der Waals surface area contributed by atoms with Gasteiger partial charge in [-0.05, 0) is 24.6 Å². The van der Waals surface area contributed by atoms with Crippen LogP contribution in [0.4, 0.5) is 0 Å². The fourth-order valence-electron chi connectivity index (χ4n) is 1.71. The summed E-state index contributed by atoms with van der Waals surface area (Å²) in [4.78, 5) is 0.744. The number of aryl methyl sites for hydroxylation is 1. The van der Waals surface area contributed by atoms with E-state index in [0.29, 0.717) is 0 Å². The molecule has 0 heterocycles. The van der Waals surface area contributed by atoms with Crippen LogP contribution in [0.15, 0.2) is 48.5 Å². The average Bonchev–Trinajstić information content (AvgIpc) is 2.37. The van der Waals surface area contributed by atoms with Gasteiger partial charge in [-0.25, -0.2) is 0 Å². The predicted molar refractivity (Wildman–Crippen MR) is 81.2 cm³/mol. The zero-order valence-electron chi connectivity index (χ0n) is 10.1. The van der Waals surface area contributed by atoms with Crippen molar-refractivity contribution in [1.29, 1.82) is 0 Å². The lowest BCUT2D eigenvalue weighted by Gasteiger charge is -2.08. The SMILES string of the molecule is Cc1cccc(CNC(=S)c2ccc(Cl)cc2)c1. The van der Waals surface area contributed by atoms with Gasteiger partial charge < -0.3 is 5.32 Å². The third-order valence-corrected chi connectivity index (χ3v) is 3.27. The van der Waals surface area contributed by atoms with Crippen LogP contribution < -0.4 is 5.32 Å². The summed E-state index contributed by atoms with van der Waals surface area (Å²) in [6, 6.07) is 15.9. The third kappa shape index (κ3) is 3.56. The third-order valence-electron chi connectivity index (χ3n) is 2.64. The first-order valence-electron chi connectivity index (χ1n) is 5.74. The Kier molecular flexibility index (Phi) is 4.34. The summed E-state index contributed by atoms with van der Waals surface area (Å²) in [5.74, 6) is 0. The molecule has 0 saturated heterocycles. The van der Waals surface area contributed by atoms with Gasteiger partial charge in [-0.1, -0.05) is 65.8 Å². The highest BCUT2D eigenvalue weighted by Gasteiger charge is 2.01. The number of benzene rings is 2. The molecule has 0 bridgehead atoms. The maximum Gasteiger partial charge on any atom is 0.106 e. The van der Waals surface area contributed by atoms with Crippen LogP contribution in [0.25, 0.3) is 0 Å². The van der Waals surface area contributed by atoms with Gasteiger partial charge in [0.05, 0.1) is 0 Å². The fraction of sp³-hybridized carbons (Fsp3) is 0.133. The van der Waals surface area contributed by atoms with Crippen LogP contribution in [0.2, 0.25) is 5.02 Å². The Morgan fingerprint density at radius 1 is 1.17 bits per heavy atom. The van der Waals surface area contributed by atoms with Crippen LogP contribution in [0.3, 0.4) is 0 Å². The van der Waals surface area contributed by atoms with E-state index in [1.165, 1.54) is 11.1 Å². The number of thiocarbonyl (C=S) groups is 1. The van der Waals surface area contributed by atoms with Gasteiger partial charge in [-0.15, -0.1) is 0 Å². The molecule has 0 unspecified atom stereocenters. The maximum atomic E-state index is 5.84. The molecule has 1 nitrogen and oxygen atoms in total. The lowest BCUT2D eigenvalue weighted by molar-refractivity contribution is 0.927. The maximum absolute atomic E-state index is 5.84. The second-order valence-corrected chi connectivity index (χ2v) is 5.02. The predicted octanol–water partition coefficient (Wildman–Crippen LogP) is 4.11. The van der Waals surface area contributed by atoms with Crippen molar-refractivity contribution in [3.05, 3.63) is 70.2 Å². The molecule has 0 aliphatic rings. The van der Waals surface area contributed by atoms with Crippen molar-refractivity contribution in [3.8, 4) is 0 Å². The van der Waals surface area contributed by atoms with Gasteiger partial charge >= 0.3 is 0 Å². The van der Waals surface area contributed by atoms with E-state index >= 15 is 0 Å². The van der Waals surface area contributed by atoms with Crippen LogP contribution in [0, 0.1) is 6.92 Å². The normalized spacial score (nSPS) is 10.1. The molecule has 0 saturated carbocycles. The summed E-state index contributed by atoms with van der Waals surface area (Å²) in [7, 11) is 0. The molecule has 18 heavy (non-hydrogen) atoms. The van der Waals surface area contributed by atoms with Crippen molar-refractivity contribution in [2.75, 3.05) is 0 Å². The Bertz CT molecular complexity index is 549. The number of hydrogen-bond acceptors (Lipinski definition) is 1. The van der Waals surface area contributed by atoms with Gasteiger partial charge in [-0.2, -0.15) is 0 Å². The summed E-state index contributed by atoms with van der Waals surface area (Å²) in [5, 5.41) is 3.97. The number of hydrogen-bond donors (Lipinski definition) is 1. The Balaban J connectivity index is 1.98. The summed E-state index contributed by atoms with van der Waals surface area (Å²) in [6.45, 7) is 2.82. The Morgan fingerprint density at radius 3 is 2.56 bits per heavy atom. The molecule has 0 aliphatic carbocycles. The second-order valence-electron chi connectivity index (χ2n) is 4.18. The second kappa shape index (κ2) is 5.98. The zero-order chi connectivity index (χ0) is 13.0. The lowest BCUT2D eigenvalue weighted by atomic mass is 10.1. The minimum Gasteiger partial charge on any atom is -0.372 e. The van der Waals surface area contributed by atoms with Crippen molar-refractivity contribution >= 4 is 28.8 Å². The standard InChI is InChI=1S/C15H14ClNS/c1-11-3-2-4-12(9-11)10-17-15(18)13-5-7-14(16)8-6-13/h2-9H,10H2,1H3,(H,17,18). The van der Waals surface area contributed by atoms with Crippen LogP contribution in [-0.4, -0.2) is 4.99 Å². The van der Waals surface area contributed by atoms with Crippen molar-refractivity contribution in [2.45, 2.75) is 13.5 Å². The molecule has 3 heteroatoms. The molecule has 2 rings (SSSR count). The largest absolute Gasteiger partial charge is 0.372 e. The number of halogens is 1. The molecular weight excluding hydrogens is 262 g/mol. The first kappa shape index (κ1) is 13.1. The lowest BCUT2D eigenvalue weighted by Crippen LogP contribution is -2.21. The summed E-state index contributed by atoms with van der Waals surface area (Å²) < 4.78 is 0. The van der Waals surface area contributed by atoms with E-state index in [4.69, 9.17) is 23.8 Å². The van der Waals surface area contributed by atoms with Crippen LogP contribution in [-0.2, 0) is 6.54 Å². The van der Waals surface area contributed by atoms with Crippen LogP contribution >= 0.6 is 23.8 Å². The average molecular weight is 276 g/mol. The minimum atomic E-state index is 0.722. The van der Waals surface area contributed by atoms with Crippen molar-refractivity contribution in [1.82, 2.24) is 5.32 Å². The highest BCUT2D eigenvalue weighted by atomic mass is 35.5. The van der Waals surface area contributed by atoms with Gasteiger partial charge in [0.2, 0.25) is 0 Å². The monoisotopic (exact) mass is 275 g/mol. The molecule has 2 aromatic carbocycles. The molecule has 0 aliphatic heterocycles. The Hall–Kier alpha value is -1.38. The smallest absolute Gasteiger partial charge is 0.106 e. The van der Waals surface area contributed by atoms with E-state index in [9.17, 15) is 0 Å². The molecule has 0 radical (unpaired) electrons. The quantitative estimate of drug-likeness (QED) is 0.846. The summed E-state index contributed by atoms with van der Waals surface area (Å²) in [5.41, 5.74) is 3.47. The van der Waals surface area contributed by atoms with Gasteiger partial charge in [0, 0.05) is 17.1 Å². The fourth-order valence-corrected chi connectivity index (χ4v) is 2.04. The topological polar surface area (TPSA) is 12.0 Å². The van der Waals surface area contributed by atoms with Gasteiger partial charge in [-0.3, -0.25) is 0 Å². The van der Waals surface area contributed by atoms with Gasteiger partial charge in [0.15, 0.2) is 0 Å². The molecule has 0 atom stereocenters. The molecule has 0 amide bonds. The van der Waals surface area contributed by atoms with Crippen molar-refractivity contribution < 1.29 is 0 Å². The minimum absolute atomic E-state index is 0.722. The molecular formula is C15H14ClNS. The molecule has 0 fully saturated rings. The van der Waals surface area contributed by atoms with E-state index in [2.05, 4.69) is 36.5 Å². The first-order chi connectivity index (χ1) is 8.65. The number of rotatable bonds is 3. The Labute approximate surface area is 118 Å². The van der Waals surface area contributed by atoms with Gasteiger partial charge in [0.1, 0.15) is 4.99 Å².